The first-order chi connectivity index (χ1) is 12.2. The average molecular weight is 358 g/mol. The summed E-state index contributed by atoms with van der Waals surface area (Å²) in [7, 11) is 3.77. The van der Waals surface area contributed by atoms with Crippen LogP contribution in [0.4, 0.5) is 0 Å². The molecule has 0 saturated carbocycles. The highest BCUT2D eigenvalue weighted by atomic mass is 35.5. The van der Waals surface area contributed by atoms with Crippen LogP contribution in [0.5, 0.6) is 5.88 Å². The Bertz CT molecular complexity index is 902. The molecule has 4 heterocycles. The number of fused-ring (bicyclic) bond motifs is 1. The van der Waals surface area contributed by atoms with Crippen molar-refractivity contribution in [3.8, 4) is 17.0 Å². The number of rotatable bonds is 3. The van der Waals surface area contributed by atoms with Gasteiger partial charge in [-0.3, -0.25) is 9.67 Å². The summed E-state index contributed by atoms with van der Waals surface area (Å²) in [5, 5.41) is 6.04. The Morgan fingerprint density at radius 3 is 2.76 bits per heavy atom. The minimum absolute atomic E-state index is 0.426. The molecule has 0 aromatic carbocycles. The first-order valence-corrected chi connectivity index (χ1v) is 8.75. The second-order valence-electron chi connectivity index (χ2n) is 6.44. The molecule has 0 unspecified atom stereocenters. The van der Waals surface area contributed by atoms with Gasteiger partial charge in [0.25, 0.3) is 0 Å². The molecule has 0 aliphatic carbocycles. The van der Waals surface area contributed by atoms with Gasteiger partial charge in [-0.05, 0) is 39.0 Å². The van der Waals surface area contributed by atoms with E-state index in [1.54, 1.807) is 25.6 Å². The molecule has 4 rings (SSSR count). The highest BCUT2D eigenvalue weighted by molar-refractivity contribution is 6.35. The molecule has 0 spiro atoms. The van der Waals surface area contributed by atoms with Crippen LogP contribution in [0.1, 0.15) is 18.9 Å². The van der Waals surface area contributed by atoms with Gasteiger partial charge in [0.1, 0.15) is 0 Å². The van der Waals surface area contributed by atoms with Gasteiger partial charge in [-0.1, -0.05) is 11.6 Å². The summed E-state index contributed by atoms with van der Waals surface area (Å²) >= 11 is 6.31. The normalized spacial score (nSPS) is 16.4. The van der Waals surface area contributed by atoms with Gasteiger partial charge in [-0.2, -0.15) is 5.10 Å². The predicted molar refractivity (Wildman–Crippen MR) is 98.1 cm³/mol. The molecule has 7 heteroatoms. The molecule has 0 atom stereocenters. The van der Waals surface area contributed by atoms with Gasteiger partial charge >= 0.3 is 0 Å². The molecule has 3 aromatic heterocycles. The molecule has 0 bridgehead atoms. The van der Waals surface area contributed by atoms with Crippen molar-refractivity contribution in [2.75, 3.05) is 27.2 Å². The third-order valence-electron chi connectivity index (χ3n) is 4.84. The Hall–Kier alpha value is -2.18. The topological polar surface area (TPSA) is 56.1 Å². The van der Waals surface area contributed by atoms with Crippen molar-refractivity contribution in [2.45, 2.75) is 18.9 Å². The van der Waals surface area contributed by atoms with E-state index in [4.69, 9.17) is 16.3 Å². The number of ether oxygens (including phenoxy) is 1. The maximum atomic E-state index is 6.31. The minimum atomic E-state index is 0.426. The first-order valence-electron chi connectivity index (χ1n) is 8.37. The fourth-order valence-electron chi connectivity index (χ4n) is 3.40. The number of hydrogen-bond acceptors (Lipinski definition) is 5. The second-order valence-corrected chi connectivity index (χ2v) is 6.85. The summed E-state index contributed by atoms with van der Waals surface area (Å²) in [5.74, 6) is 0.533. The lowest BCUT2D eigenvalue weighted by atomic mass is 10.1. The van der Waals surface area contributed by atoms with E-state index in [2.05, 4.69) is 37.9 Å². The smallest absolute Gasteiger partial charge is 0.223 e. The summed E-state index contributed by atoms with van der Waals surface area (Å²) in [6.07, 6.45) is 9.54. The maximum absolute atomic E-state index is 6.31. The van der Waals surface area contributed by atoms with Crippen molar-refractivity contribution in [3.05, 3.63) is 35.9 Å². The monoisotopic (exact) mass is 357 g/mol. The number of nitrogens with zero attached hydrogens (tertiary/aromatic N) is 5. The molecule has 3 aromatic rings. The first kappa shape index (κ1) is 16.3. The van der Waals surface area contributed by atoms with Crippen LogP contribution in [0.25, 0.3) is 22.0 Å². The molecule has 1 saturated heterocycles. The summed E-state index contributed by atoms with van der Waals surface area (Å²) < 4.78 is 7.54. The zero-order valence-corrected chi connectivity index (χ0v) is 15.1. The molecule has 6 nitrogen and oxygen atoms in total. The van der Waals surface area contributed by atoms with E-state index in [0.29, 0.717) is 16.9 Å². The molecule has 0 radical (unpaired) electrons. The standard InChI is InChI=1S/C18H20ClN5O/c1-23-7-4-13(5-8-23)24-11-12(9-22-24)16-17-14(10-21-18(16)25-2)15(19)3-6-20-17/h3,6,9-11,13H,4-5,7-8H2,1-2H3. The fourth-order valence-corrected chi connectivity index (χ4v) is 3.60. The van der Waals surface area contributed by atoms with Crippen LogP contribution in [-0.4, -0.2) is 51.9 Å². The lowest BCUT2D eigenvalue weighted by molar-refractivity contribution is 0.212. The Balaban J connectivity index is 1.78. The third-order valence-corrected chi connectivity index (χ3v) is 5.17. The zero-order valence-electron chi connectivity index (χ0n) is 14.3. The van der Waals surface area contributed by atoms with Gasteiger partial charge in [0.15, 0.2) is 0 Å². The molecular weight excluding hydrogens is 338 g/mol. The summed E-state index contributed by atoms with van der Waals surface area (Å²) in [5.41, 5.74) is 2.56. The van der Waals surface area contributed by atoms with Crippen molar-refractivity contribution in [1.82, 2.24) is 24.6 Å². The number of pyridine rings is 2. The largest absolute Gasteiger partial charge is 0.480 e. The molecule has 0 N–H and O–H groups in total. The Labute approximate surface area is 151 Å². The van der Waals surface area contributed by atoms with Gasteiger partial charge in [0.05, 0.1) is 35.5 Å². The number of aromatic nitrogens is 4. The van der Waals surface area contributed by atoms with Crippen LogP contribution in [0.3, 0.4) is 0 Å². The third kappa shape index (κ3) is 2.96. The van der Waals surface area contributed by atoms with E-state index < -0.39 is 0 Å². The summed E-state index contributed by atoms with van der Waals surface area (Å²) in [6, 6.07) is 2.19. The van der Waals surface area contributed by atoms with Crippen molar-refractivity contribution in [1.29, 1.82) is 0 Å². The van der Waals surface area contributed by atoms with Gasteiger partial charge in [0.2, 0.25) is 5.88 Å². The predicted octanol–water partition coefficient (Wildman–Crippen LogP) is 3.42. The molecular formula is C18H20ClN5O. The van der Waals surface area contributed by atoms with Gasteiger partial charge in [0, 0.05) is 29.5 Å². The number of piperidine rings is 1. The molecule has 1 aliphatic rings. The van der Waals surface area contributed by atoms with Gasteiger partial charge in [-0.15, -0.1) is 0 Å². The van der Waals surface area contributed by atoms with Crippen LogP contribution in [-0.2, 0) is 0 Å². The number of hydrogen-bond donors (Lipinski definition) is 0. The van der Waals surface area contributed by atoms with E-state index in [1.807, 2.05) is 6.20 Å². The quantitative estimate of drug-likeness (QED) is 0.718. The van der Waals surface area contributed by atoms with E-state index in [1.165, 1.54) is 0 Å². The highest BCUT2D eigenvalue weighted by Gasteiger charge is 2.21. The van der Waals surface area contributed by atoms with Crippen LogP contribution in [0.2, 0.25) is 5.02 Å². The van der Waals surface area contributed by atoms with Gasteiger partial charge < -0.3 is 9.64 Å². The van der Waals surface area contributed by atoms with Crippen LogP contribution >= 0.6 is 11.6 Å². The molecule has 1 fully saturated rings. The number of likely N-dealkylation sites (tertiary alicyclic amines) is 1. The van der Waals surface area contributed by atoms with Gasteiger partial charge in [-0.25, -0.2) is 4.98 Å². The number of methoxy groups -OCH3 is 1. The SMILES string of the molecule is COc1ncc2c(Cl)ccnc2c1-c1cnn(C2CCN(C)CC2)c1. The summed E-state index contributed by atoms with van der Waals surface area (Å²) in [4.78, 5) is 11.3. The van der Waals surface area contributed by atoms with E-state index in [9.17, 15) is 0 Å². The van der Waals surface area contributed by atoms with Crippen LogP contribution in [0.15, 0.2) is 30.9 Å². The lowest BCUT2D eigenvalue weighted by Crippen LogP contribution is -2.31. The van der Waals surface area contributed by atoms with E-state index in [0.717, 1.165) is 48.0 Å². The van der Waals surface area contributed by atoms with Crippen molar-refractivity contribution >= 4 is 22.5 Å². The van der Waals surface area contributed by atoms with Crippen LogP contribution in [0, 0.1) is 0 Å². The second kappa shape index (κ2) is 6.61. The van der Waals surface area contributed by atoms with E-state index >= 15 is 0 Å². The Kier molecular flexibility index (Phi) is 4.31. The van der Waals surface area contributed by atoms with E-state index in [-0.39, 0.29) is 0 Å². The molecule has 1 aliphatic heterocycles. The Morgan fingerprint density at radius 2 is 2.00 bits per heavy atom. The average Bonchev–Trinajstić information content (AvgIpc) is 3.11. The van der Waals surface area contributed by atoms with Crippen molar-refractivity contribution < 1.29 is 4.74 Å². The molecule has 130 valence electrons. The van der Waals surface area contributed by atoms with Crippen molar-refractivity contribution in [2.24, 2.45) is 0 Å². The maximum Gasteiger partial charge on any atom is 0.223 e. The van der Waals surface area contributed by atoms with Crippen molar-refractivity contribution in [3.63, 3.8) is 0 Å². The zero-order chi connectivity index (χ0) is 17.4. The Morgan fingerprint density at radius 1 is 1.20 bits per heavy atom. The molecule has 25 heavy (non-hydrogen) atoms. The molecule has 0 amide bonds. The minimum Gasteiger partial charge on any atom is -0.480 e. The fraction of sp³-hybridized carbons (Fsp3) is 0.389. The lowest BCUT2D eigenvalue weighted by Gasteiger charge is -2.28. The van der Waals surface area contributed by atoms with Crippen LogP contribution < -0.4 is 4.74 Å². The summed E-state index contributed by atoms with van der Waals surface area (Å²) in [6.45, 7) is 2.19. The number of halogens is 1. The highest BCUT2D eigenvalue weighted by Crippen LogP contribution is 2.36.